The SMILES string of the molecule is CC1(C(=O)Nc2cccc(C#N)c2)CC(c2ccccc2)=NO1. The lowest BCUT2D eigenvalue weighted by Gasteiger charge is -2.20. The molecular formula is C18H15N3O2. The molecule has 0 aliphatic carbocycles. The quantitative estimate of drug-likeness (QED) is 0.947. The summed E-state index contributed by atoms with van der Waals surface area (Å²) in [6, 6.07) is 18.4. The summed E-state index contributed by atoms with van der Waals surface area (Å²) in [4.78, 5) is 17.9. The normalized spacial score (nSPS) is 19.4. The van der Waals surface area contributed by atoms with Gasteiger partial charge in [0.25, 0.3) is 5.91 Å². The van der Waals surface area contributed by atoms with Crippen molar-refractivity contribution < 1.29 is 9.63 Å². The minimum atomic E-state index is -1.06. The van der Waals surface area contributed by atoms with Gasteiger partial charge in [-0.05, 0) is 30.7 Å². The Balaban J connectivity index is 1.72. The van der Waals surface area contributed by atoms with Gasteiger partial charge in [0, 0.05) is 12.1 Å². The zero-order valence-corrected chi connectivity index (χ0v) is 12.6. The molecule has 114 valence electrons. The first-order chi connectivity index (χ1) is 11.1. The second kappa shape index (κ2) is 5.93. The van der Waals surface area contributed by atoms with E-state index in [4.69, 9.17) is 10.1 Å². The number of amides is 1. The van der Waals surface area contributed by atoms with E-state index >= 15 is 0 Å². The van der Waals surface area contributed by atoms with Crippen molar-refractivity contribution in [3.8, 4) is 6.07 Å². The molecule has 0 bridgehead atoms. The van der Waals surface area contributed by atoms with Gasteiger partial charge in [-0.15, -0.1) is 0 Å². The van der Waals surface area contributed by atoms with Crippen molar-refractivity contribution in [3.05, 3.63) is 65.7 Å². The van der Waals surface area contributed by atoms with Crippen LogP contribution in [0.3, 0.4) is 0 Å². The van der Waals surface area contributed by atoms with Gasteiger partial charge in [0.1, 0.15) is 0 Å². The molecule has 1 atom stereocenters. The summed E-state index contributed by atoms with van der Waals surface area (Å²) in [5, 5.41) is 15.8. The van der Waals surface area contributed by atoms with Gasteiger partial charge >= 0.3 is 0 Å². The Labute approximate surface area is 134 Å². The average molecular weight is 305 g/mol. The van der Waals surface area contributed by atoms with Crippen LogP contribution in [0, 0.1) is 11.3 Å². The molecule has 1 N–H and O–H groups in total. The molecule has 2 aromatic rings. The minimum absolute atomic E-state index is 0.290. The van der Waals surface area contributed by atoms with E-state index in [2.05, 4.69) is 10.5 Å². The third-order valence-corrected chi connectivity index (χ3v) is 3.70. The van der Waals surface area contributed by atoms with Crippen molar-refractivity contribution in [3.63, 3.8) is 0 Å². The maximum Gasteiger partial charge on any atom is 0.271 e. The molecule has 0 saturated heterocycles. The maximum atomic E-state index is 12.5. The van der Waals surface area contributed by atoms with Crippen molar-refractivity contribution >= 4 is 17.3 Å². The number of carbonyl (C=O) groups is 1. The molecule has 1 unspecified atom stereocenters. The summed E-state index contributed by atoms with van der Waals surface area (Å²) in [7, 11) is 0. The van der Waals surface area contributed by atoms with Crippen molar-refractivity contribution in [2.75, 3.05) is 5.32 Å². The van der Waals surface area contributed by atoms with E-state index in [1.807, 2.05) is 36.4 Å². The number of benzene rings is 2. The predicted molar refractivity (Wildman–Crippen MR) is 86.9 cm³/mol. The van der Waals surface area contributed by atoms with Gasteiger partial charge in [-0.25, -0.2) is 0 Å². The molecule has 5 nitrogen and oxygen atoms in total. The smallest absolute Gasteiger partial charge is 0.271 e. The van der Waals surface area contributed by atoms with Gasteiger partial charge in [-0.3, -0.25) is 4.79 Å². The van der Waals surface area contributed by atoms with Crippen molar-refractivity contribution in [1.82, 2.24) is 0 Å². The highest BCUT2D eigenvalue weighted by Crippen LogP contribution is 2.28. The lowest BCUT2D eigenvalue weighted by atomic mass is 9.95. The number of anilines is 1. The number of nitrogens with zero attached hydrogens (tertiary/aromatic N) is 2. The molecule has 1 aliphatic rings. The van der Waals surface area contributed by atoms with E-state index in [9.17, 15) is 4.79 Å². The van der Waals surface area contributed by atoms with E-state index in [1.165, 1.54) is 0 Å². The Morgan fingerprint density at radius 2 is 2.04 bits per heavy atom. The van der Waals surface area contributed by atoms with Crippen LogP contribution in [0.2, 0.25) is 0 Å². The number of carbonyl (C=O) groups excluding carboxylic acids is 1. The van der Waals surface area contributed by atoms with Crippen LogP contribution < -0.4 is 5.32 Å². The van der Waals surface area contributed by atoms with E-state index in [-0.39, 0.29) is 5.91 Å². The van der Waals surface area contributed by atoms with Crippen LogP contribution in [0.15, 0.2) is 59.8 Å². The van der Waals surface area contributed by atoms with Gasteiger partial charge in [-0.1, -0.05) is 41.6 Å². The topological polar surface area (TPSA) is 74.5 Å². The fourth-order valence-electron chi connectivity index (χ4n) is 2.38. The molecule has 0 radical (unpaired) electrons. The molecule has 2 aromatic carbocycles. The number of nitriles is 1. The summed E-state index contributed by atoms with van der Waals surface area (Å²) in [5.74, 6) is -0.290. The molecular weight excluding hydrogens is 290 g/mol. The Morgan fingerprint density at radius 3 is 2.78 bits per heavy atom. The third kappa shape index (κ3) is 3.06. The number of rotatable bonds is 3. The fourth-order valence-corrected chi connectivity index (χ4v) is 2.38. The number of hydrogen-bond acceptors (Lipinski definition) is 4. The van der Waals surface area contributed by atoms with Crippen LogP contribution in [0.4, 0.5) is 5.69 Å². The van der Waals surface area contributed by atoms with Gasteiger partial charge in [-0.2, -0.15) is 5.26 Å². The summed E-state index contributed by atoms with van der Waals surface area (Å²) < 4.78 is 0. The second-order valence-corrected chi connectivity index (χ2v) is 5.55. The van der Waals surface area contributed by atoms with Crippen LogP contribution in [0.25, 0.3) is 0 Å². The van der Waals surface area contributed by atoms with E-state index in [1.54, 1.807) is 31.2 Å². The first kappa shape index (κ1) is 14.8. The van der Waals surface area contributed by atoms with Crippen molar-refractivity contribution in [2.45, 2.75) is 18.9 Å². The first-order valence-electron chi connectivity index (χ1n) is 7.23. The molecule has 23 heavy (non-hydrogen) atoms. The summed E-state index contributed by atoms with van der Waals surface area (Å²) in [6.07, 6.45) is 0.390. The fraction of sp³-hybridized carbons (Fsp3) is 0.167. The highest BCUT2D eigenvalue weighted by atomic mass is 16.7. The molecule has 1 heterocycles. The Morgan fingerprint density at radius 1 is 1.26 bits per heavy atom. The van der Waals surface area contributed by atoms with E-state index in [0.29, 0.717) is 17.7 Å². The molecule has 0 spiro atoms. The van der Waals surface area contributed by atoms with Crippen LogP contribution in [-0.4, -0.2) is 17.2 Å². The third-order valence-electron chi connectivity index (χ3n) is 3.70. The maximum absolute atomic E-state index is 12.5. The summed E-state index contributed by atoms with van der Waals surface area (Å²) >= 11 is 0. The molecule has 1 amide bonds. The van der Waals surface area contributed by atoms with E-state index in [0.717, 1.165) is 11.3 Å². The lowest BCUT2D eigenvalue weighted by molar-refractivity contribution is -0.135. The van der Waals surface area contributed by atoms with Gasteiger partial charge in [0.15, 0.2) is 0 Å². The zero-order chi connectivity index (χ0) is 16.3. The highest BCUT2D eigenvalue weighted by molar-refractivity contribution is 6.07. The summed E-state index contributed by atoms with van der Waals surface area (Å²) in [5.41, 5.74) is 1.67. The van der Waals surface area contributed by atoms with Crippen LogP contribution in [0.5, 0.6) is 0 Å². The minimum Gasteiger partial charge on any atom is -0.379 e. The Kier molecular flexibility index (Phi) is 3.82. The highest BCUT2D eigenvalue weighted by Gasteiger charge is 2.42. The predicted octanol–water partition coefficient (Wildman–Crippen LogP) is 3.08. The molecule has 3 rings (SSSR count). The van der Waals surface area contributed by atoms with Crippen molar-refractivity contribution in [1.29, 1.82) is 5.26 Å². The summed E-state index contributed by atoms with van der Waals surface area (Å²) in [6.45, 7) is 1.70. The van der Waals surface area contributed by atoms with Crippen LogP contribution in [-0.2, 0) is 9.63 Å². The molecule has 0 saturated carbocycles. The number of oxime groups is 1. The number of hydrogen-bond donors (Lipinski definition) is 1. The average Bonchev–Trinajstić information content (AvgIpc) is 3.00. The van der Waals surface area contributed by atoms with Crippen molar-refractivity contribution in [2.24, 2.45) is 5.16 Å². The second-order valence-electron chi connectivity index (χ2n) is 5.55. The molecule has 1 aliphatic heterocycles. The lowest BCUT2D eigenvalue weighted by Crippen LogP contribution is -2.40. The first-order valence-corrected chi connectivity index (χ1v) is 7.23. The Bertz CT molecular complexity index is 809. The largest absolute Gasteiger partial charge is 0.379 e. The number of nitrogens with one attached hydrogen (secondary N) is 1. The van der Waals surface area contributed by atoms with Gasteiger partial charge < -0.3 is 10.2 Å². The van der Waals surface area contributed by atoms with Gasteiger partial charge in [0.2, 0.25) is 5.60 Å². The molecule has 0 fully saturated rings. The molecule has 0 aromatic heterocycles. The molecule has 5 heteroatoms. The van der Waals surface area contributed by atoms with E-state index < -0.39 is 5.60 Å². The van der Waals surface area contributed by atoms with Crippen LogP contribution >= 0.6 is 0 Å². The Hall–Kier alpha value is -3.13. The zero-order valence-electron chi connectivity index (χ0n) is 12.6. The monoisotopic (exact) mass is 305 g/mol. The van der Waals surface area contributed by atoms with Gasteiger partial charge in [0.05, 0.1) is 17.3 Å². The standard InChI is InChI=1S/C18H15N3O2/c1-18(11-16(21-23-18)14-7-3-2-4-8-14)17(22)20-15-9-5-6-13(10-15)12-19/h2-10H,11H2,1H3,(H,20,22). The van der Waals surface area contributed by atoms with Crippen LogP contribution in [0.1, 0.15) is 24.5 Å².